The Morgan fingerprint density at radius 2 is 2.05 bits per heavy atom. The quantitative estimate of drug-likeness (QED) is 0.900. The van der Waals surface area contributed by atoms with Crippen LogP contribution in [0.1, 0.15) is 42.5 Å². The zero-order chi connectivity index (χ0) is 14.2. The van der Waals surface area contributed by atoms with Crippen molar-refractivity contribution in [3.63, 3.8) is 0 Å². The number of hydrogen-bond donors (Lipinski definition) is 1. The molecule has 2 aromatic heterocycles. The van der Waals surface area contributed by atoms with Gasteiger partial charge in [-0.05, 0) is 31.0 Å². The molecule has 1 fully saturated rings. The summed E-state index contributed by atoms with van der Waals surface area (Å²) in [5.74, 6) is 2.44. The average molecular weight is 285 g/mol. The molecule has 2 aromatic rings. The van der Waals surface area contributed by atoms with Crippen molar-refractivity contribution in [2.24, 2.45) is 0 Å². The molecule has 0 spiro atoms. The van der Waals surface area contributed by atoms with Crippen molar-refractivity contribution in [2.75, 3.05) is 13.2 Å². The van der Waals surface area contributed by atoms with Gasteiger partial charge in [0.2, 0.25) is 0 Å². The minimum absolute atomic E-state index is 0.0978. The van der Waals surface area contributed by atoms with Gasteiger partial charge in [0.15, 0.2) is 5.82 Å². The minimum Gasteiger partial charge on any atom is -0.378 e. The van der Waals surface area contributed by atoms with Crippen LogP contribution in [-0.4, -0.2) is 39.0 Å². The molecule has 1 saturated heterocycles. The summed E-state index contributed by atoms with van der Waals surface area (Å²) in [7, 11) is 0. The molecule has 0 bridgehead atoms. The van der Waals surface area contributed by atoms with Crippen LogP contribution in [0.2, 0.25) is 0 Å². The van der Waals surface area contributed by atoms with Crippen LogP contribution in [0.5, 0.6) is 0 Å². The van der Waals surface area contributed by atoms with Crippen LogP contribution in [0, 0.1) is 0 Å². The number of fused-ring (bicyclic) bond motifs is 1. The van der Waals surface area contributed by atoms with Gasteiger partial charge < -0.3 is 14.6 Å². The second-order valence-corrected chi connectivity index (χ2v) is 5.71. The maximum Gasteiger partial charge on any atom is 0.154 e. The summed E-state index contributed by atoms with van der Waals surface area (Å²) in [5.41, 5.74) is 1.18. The third-order valence-corrected chi connectivity index (χ3v) is 4.50. The van der Waals surface area contributed by atoms with Gasteiger partial charge in [0, 0.05) is 38.0 Å². The van der Waals surface area contributed by atoms with Gasteiger partial charge in [-0.2, -0.15) is 0 Å². The van der Waals surface area contributed by atoms with E-state index in [0.717, 1.165) is 37.8 Å². The van der Waals surface area contributed by atoms with E-state index in [4.69, 9.17) is 4.74 Å². The Balaban J connectivity index is 1.72. The lowest BCUT2D eigenvalue weighted by Gasteiger charge is -2.26. The Hall–Kier alpha value is -1.79. The highest BCUT2D eigenvalue weighted by Crippen LogP contribution is 2.33. The van der Waals surface area contributed by atoms with Crippen LogP contribution in [0.15, 0.2) is 24.5 Å². The largest absolute Gasteiger partial charge is 0.378 e. The van der Waals surface area contributed by atoms with E-state index in [9.17, 15) is 0 Å². The van der Waals surface area contributed by atoms with E-state index in [1.807, 2.05) is 24.5 Å². The molecule has 0 aromatic carbocycles. The van der Waals surface area contributed by atoms with E-state index in [1.165, 1.54) is 5.56 Å². The van der Waals surface area contributed by atoms with Gasteiger partial charge in [-0.1, -0.05) is 0 Å². The third-order valence-electron chi connectivity index (χ3n) is 4.50. The Morgan fingerprint density at radius 3 is 2.81 bits per heavy atom. The lowest BCUT2D eigenvalue weighted by Crippen LogP contribution is -2.35. The maximum atomic E-state index is 5.69. The monoisotopic (exact) mass is 285 g/mol. The van der Waals surface area contributed by atoms with Gasteiger partial charge >= 0.3 is 0 Å². The van der Waals surface area contributed by atoms with Crippen molar-refractivity contribution in [3.8, 4) is 0 Å². The zero-order valence-corrected chi connectivity index (χ0v) is 12.1. The summed E-state index contributed by atoms with van der Waals surface area (Å²) in [4.78, 5) is 4.09. The fraction of sp³-hybridized carbons (Fsp3) is 0.533. The molecule has 110 valence electrons. The maximum absolute atomic E-state index is 5.69. The van der Waals surface area contributed by atoms with E-state index in [0.29, 0.717) is 5.92 Å². The molecule has 0 radical (unpaired) electrons. The summed E-state index contributed by atoms with van der Waals surface area (Å²) in [6, 6.07) is 4.16. The van der Waals surface area contributed by atoms with Gasteiger partial charge in [0.05, 0.1) is 12.1 Å². The number of pyridine rings is 1. The standard InChI is InChI=1S/C15H19N5O/c1-10-12(4-9-21-10)14-18-19-15-13(17-7-8-20(14)15)11-2-5-16-6-3-11/h2-3,5-6,10,12-13,17H,4,7-9H2,1H3. The lowest BCUT2D eigenvalue weighted by molar-refractivity contribution is 0.116. The summed E-state index contributed by atoms with van der Waals surface area (Å²) in [6.07, 6.45) is 4.90. The smallest absolute Gasteiger partial charge is 0.154 e. The number of aromatic nitrogens is 4. The van der Waals surface area contributed by atoms with E-state index >= 15 is 0 Å². The van der Waals surface area contributed by atoms with Crippen LogP contribution in [0.4, 0.5) is 0 Å². The summed E-state index contributed by atoms with van der Waals surface area (Å²) < 4.78 is 7.96. The average Bonchev–Trinajstić information content (AvgIpc) is 3.13. The molecule has 1 N–H and O–H groups in total. The highest BCUT2D eigenvalue weighted by Gasteiger charge is 2.34. The highest BCUT2D eigenvalue weighted by molar-refractivity contribution is 5.25. The third kappa shape index (κ3) is 2.15. The van der Waals surface area contributed by atoms with Crippen molar-refractivity contribution in [1.29, 1.82) is 0 Å². The number of rotatable bonds is 2. The number of hydrogen-bond acceptors (Lipinski definition) is 5. The van der Waals surface area contributed by atoms with Gasteiger partial charge in [0.25, 0.3) is 0 Å². The molecule has 2 aliphatic rings. The summed E-state index contributed by atoms with van der Waals surface area (Å²) in [5, 5.41) is 12.5. The first-order chi connectivity index (χ1) is 10.3. The van der Waals surface area contributed by atoms with Crippen LogP contribution < -0.4 is 5.32 Å². The first-order valence-corrected chi connectivity index (χ1v) is 7.52. The van der Waals surface area contributed by atoms with E-state index < -0.39 is 0 Å². The zero-order valence-electron chi connectivity index (χ0n) is 12.1. The van der Waals surface area contributed by atoms with Crippen molar-refractivity contribution in [2.45, 2.75) is 38.0 Å². The fourth-order valence-corrected chi connectivity index (χ4v) is 3.35. The molecular formula is C15H19N5O. The van der Waals surface area contributed by atoms with Gasteiger partial charge in [-0.25, -0.2) is 0 Å². The van der Waals surface area contributed by atoms with Gasteiger partial charge in [-0.3, -0.25) is 4.98 Å². The molecule has 4 rings (SSSR count). The molecule has 0 saturated carbocycles. The molecule has 6 heteroatoms. The first-order valence-electron chi connectivity index (χ1n) is 7.52. The van der Waals surface area contributed by atoms with E-state index in [1.54, 1.807) is 0 Å². The summed E-state index contributed by atoms with van der Waals surface area (Å²) >= 11 is 0. The van der Waals surface area contributed by atoms with Crippen molar-refractivity contribution >= 4 is 0 Å². The first kappa shape index (κ1) is 12.9. The molecule has 6 nitrogen and oxygen atoms in total. The number of nitrogens with one attached hydrogen (secondary N) is 1. The van der Waals surface area contributed by atoms with E-state index in [-0.39, 0.29) is 12.1 Å². The highest BCUT2D eigenvalue weighted by atomic mass is 16.5. The van der Waals surface area contributed by atoms with Crippen LogP contribution in [0.3, 0.4) is 0 Å². The Bertz CT molecular complexity index is 626. The second-order valence-electron chi connectivity index (χ2n) is 5.71. The Kier molecular flexibility index (Phi) is 3.20. The molecule has 0 aliphatic carbocycles. The second kappa shape index (κ2) is 5.20. The van der Waals surface area contributed by atoms with Crippen molar-refractivity contribution in [1.82, 2.24) is 25.1 Å². The predicted molar refractivity (Wildman–Crippen MR) is 76.9 cm³/mol. The Labute approximate surface area is 123 Å². The van der Waals surface area contributed by atoms with E-state index in [2.05, 4.69) is 32.0 Å². The van der Waals surface area contributed by atoms with Gasteiger partial charge in [0.1, 0.15) is 5.82 Å². The Morgan fingerprint density at radius 1 is 1.24 bits per heavy atom. The van der Waals surface area contributed by atoms with Crippen molar-refractivity contribution in [3.05, 3.63) is 41.7 Å². The molecule has 3 atom stereocenters. The van der Waals surface area contributed by atoms with Crippen LogP contribution >= 0.6 is 0 Å². The number of ether oxygens (including phenoxy) is 1. The van der Waals surface area contributed by atoms with Crippen LogP contribution in [-0.2, 0) is 11.3 Å². The molecule has 2 aliphatic heterocycles. The lowest BCUT2D eigenvalue weighted by atomic mass is 10.0. The normalized spacial score (nSPS) is 28.5. The molecule has 3 unspecified atom stereocenters. The summed E-state index contributed by atoms with van der Waals surface area (Å²) in [6.45, 7) is 4.79. The topological polar surface area (TPSA) is 64.9 Å². The predicted octanol–water partition coefficient (Wildman–Crippen LogP) is 1.26. The number of nitrogens with zero attached hydrogens (tertiary/aromatic N) is 4. The SMILES string of the molecule is CC1OCCC1c1nnc2n1CCNC2c1ccncc1. The molecular weight excluding hydrogens is 266 g/mol. The minimum atomic E-state index is 0.0978. The van der Waals surface area contributed by atoms with Crippen molar-refractivity contribution < 1.29 is 4.74 Å². The van der Waals surface area contributed by atoms with Gasteiger partial charge in [-0.15, -0.1) is 10.2 Å². The molecule has 4 heterocycles. The molecule has 0 amide bonds. The molecule has 21 heavy (non-hydrogen) atoms. The van der Waals surface area contributed by atoms with Crippen LogP contribution in [0.25, 0.3) is 0 Å². The fourth-order valence-electron chi connectivity index (χ4n) is 3.35.